The Hall–Kier alpha value is -1.65. The molecular weight excluding hydrogens is 158 g/mol. The molecule has 0 fully saturated rings. The third-order valence-electron chi connectivity index (χ3n) is 1.62. The second kappa shape index (κ2) is 3.17. The van der Waals surface area contributed by atoms with Gasteiger partial charge in [-0.3, -0.25) is 14.6 Å². The molecule has 1 unspecified atom stereocenters. The van der Waals surface area contributed by atoms with E-state index < -0.39 is 17.7 Å². The SMILES string of the molecule is NC(=O)C1=CN=CC(C(N)=O)C1. The van der Waals surface area contributed by atoms with Gasteiger partial charge in [-0.05, 0) is 6.42 Å². The van der Waals surface area contributed by atoms with Crippen LogP contribution in [0.2, 0.25) is 0 Å². The summed E-state index contributed by atoms with van der Waals surface area (Å²) >= 11 is 0. The summed E-state index contributed by atoms with van der Waals surface area (Å²) in [5, 5.41) is 0. The Balaban J connectivity index is 2.74. The van der Waals surface area contributed by atoms with Gasteiger partial charge in [0.25, 0.3) is 0 Å². The van der Waals surface area contributed by atoms with Gasteiger partial charge in [-0.1, -0.05) is 0 Å². The predicted octanol–water partition coefficient (Wildman–Crippen LogP) is -1.07. The molecule has 1 rings (SSSR count). The van der Waals surface area contributed by atoms with Crippen molar-refractivity contribution in [3.63, 3.8) is 0 Å². The van der Waals surface area contributed by atoms with Crippen LogP contribution in [0.25, 0.3) is 0 Å². The monoisotopic (exact) mass is 167 g/mol. The van der Waals surface area contributed by atoms with Gasteiger partial charge >= 0.3 is 0 Å². The zero-order valence-electron chi connectivity index (χ0n) is 6.36. The number of rotatable bonds is 2. The molecule has 0 saturated carbocycles. The van der Waals surface area contributed by atoms with E-state index >= 15 is 0 Å². The van der Waals surface area contributed by atoms with E-state index in [1.54, 1.807) is 0 Å². The van der Waals surface area contributed by atoms with Crippen LogP contribution >= 0.6 is 0 Å². The molecule has 1 aliphatic heterocycles. The van der Waals surface area contributed by atoms with Crippen LogP contribution in [0.4, 0.5) is 0 Å². The summed E-state index contributed by atoms with van der Waals surface area (Å²) in [6, 6.07) is 0. The molecule has 1 heterocycles. The molecule has 5 heteroatoms. The summed E-state index contributed by atoms with van der Waals surface area (Å²) in [4.78, 5) is 25.0. The van der Waals surface area contributed by atoms with Gasteiger partial charge in [0.2, 0.25) is 11.8 Å². The summed E-state index contributed by atoms with van der Waals surface area (Å²) in [5.41, 5.74) is 10.4. The Kier molecular flexibility index (Phi) is 2.23. The first-order chi connectivity index (χ1) is 5.61. The molecule has 1 atom stereocenters. The molecule has 0 aromatic carbocycles. The molecule has 12 heavy (non-hydrogen) atoms. The number of aliphatic imine (C=N–C) groups is 1. The first kappa shape index (κ1) is 8.45. The minimum absolute atomic E-state index is 0.258. The minimum atomic E-state index is -0.557. The number of primary amides is 2. The molecule has 5 nitrogen and oxygen atoms in total. The van der Waals surface area contributed by atoms with Crippen molar-refractivity contribution in [3.8, 4) is 0 Å². The standard InChI is InChI=1S/C7H9N3O2/c8-6(11)4-1-5(7(9)12)3-10-2-4/h2-4H,1H2,(H2,8,11)(H2,9,12). The van der Waals surface area contributed by atoms with Crippen molar-refractivity contribution >= 4 is 18.0 Å². The van der Waals surface area contributed by atoms with Crippen LogP contribution in [0, 0.1) is 5.92 Å². The quantitative estimate of drug-likeness (QED) is 0.547. The first-order valence-electron chi connectivity index (χ1n) is 3.42. The van der Waals surface area contributed by atoms with E-state index in [2.05, 4.69) is 4.99 Å². The summed E-state index contributed by atoms with van der Waals surface area (Å²) < 4.78 is 0. The maximum atomic E-state index is 10.7. The number of carbonyl (C=O) groups excluding carboxylic acids is 2. The lowest BCUT2D eigenvalue weighted by Gasteiger charge is -2.11. The average molecular weight is 167 g/mol. The van der Waals surface area contributed by atoms with E-state index in [1.807, 2.05) is 0 Å². The Morgan fingerprint density at radius 3 is 2.67 bits per heavy atom. The number of hydrogen-bond donors (Lipinski definition) is 2. The lowest BCUT2D eigenvalue weighted by Crippen LogP contribution is -2.28. The fourth-order valence-electron chi connectivity index (χ4n) is 0.917. The number of nitrogens with two attached hydrogens (primary N) is 2. The van der Waals surface area contributed by atoms with Crippen molar-refractivity contribution in [2.45, 2.75) is 6.42 Å². The molecule has 0 spiro atoms. The van der Waals surface area contributed by atoms with Crippen LogP contribution in [-0.2, 0) is 9.59 Å². The zero-order chi connectivity index (χ0) is 9.14. The third kappa shape index (κ3) is 1.69. The van der Waals surface area contributed by atoms with Crippen LogP contribution in [0.3, 0.4) is 0 Å². The van der Waals surface area contributed by atoms with Crippen LogP contribution in [0.5, 0.6) is 0 Å². The van der Waals surface area contributed by atoms with Crippen molar-refractivity contribution in [2.24, 2.45) is 22.4 Å². The molecule has 0 aliphatic carbocycles. The lowest BCUT2D eigenvalue weighted by molar-refractivity contribution is -0.119. The summed E-state index contributed by atoms with van der Waals surface area (Å²) in [5.74, 6) is -1.55. The van der Waals surface area contributed by atoms with Gasteiger partial charge < -0.3 is 11.5 Å². The Morgan fingerprint density at radius 2 is 2.17 bits per heavy atom. The van der Waals surface area contributed by atoms with Gasteiger partial charge in [-0.2, -0.15) is 0 Å². The molecule has 0 aromatic heterocycles. The third-order valence-corrected chi connectivity index (χ3v) is 1.62. The fraction of sp³-hybridized carbons (Fsp3) is 0.286. The Labute approximate surface area is 69.1 Å². The van der Waals surface area contributed by atoms with Crippen molar-refractivity contribution in [2.75, 3.05) is 0 Å². The lowest BCUT2D eigenvalue weighted by atomic mass is 9.98. The van der Waals surface area contributed by atoms with Crippen molar-refractivity contribution in [1.29, 1.82) is 0 Å². The maximum Gasteiger partial charge on any atom is 0.246 e. The van der Waals surface area contributed by atoms with Crippen LogP contribution in [-0.4, -0.2) is 18.0 Å². The highest BCUT2D eigenvalue weighted by atomic mass is 16.1. The first-order valence-corrected chi connectivity index (χ1v) is 3.42. The van der Waals surface area contributed by atoms with E-state index in [0.717, 1.165) is 0 Å². The summed E-state index contributed by atoms with van der Waals surface area (Å²) in [6.07, 6.45) is 3.02. The number of amides is 2. The second-order valence-corrected chi connectivity index (χ2v) is 2.53. The molecule has 1 aliphatic rings. The van der Waals surface area contributed by atoms with E-state index in [4.69, 9.17) is 11.5 Å². The molecule has 0 aromatic rings. The van der Waals surface area contributed by atoms with Crippen molar-refractivity contribution in [1.82, 2.24) is 0 Å². The van der Waals surface area contributed by atoms with Crippen molar-refractivity contribution in [3.05, 3.63) is 11.8 Å². The van der Waals surface area contributed by atoms with Crippen LogP contribution in [0.1, 0.15) is 6.42 Å². The van der Waals surface area contributed by atoms with Crippen LogP contribution in [0.15, 0.2) is 16.8 Å². The highest BCUT2D eigenvalue weighted by Crippen LogP contribution is 2.13. The minimum Gasteiger partial charge on any atom is -0.369 e. The van der Waals surface area contributed by atoms with Gasteiger partial charge in [0.15, 0.2) is 0 Å². The van der Waals surface area contributed by atoms with E-state index in [1.165, 1.54) is 12.4 Å². The number of hydrogen-bond acceptors (Lipinski definition) is 3. The van der Waals surface area contributed by atoms with Gasteiger partial charge in [-0.15, -0.1) is 0 Å². The molecule has 64 valence electrons. The summed E-state index contributed by atoms with van der Waals surface area (Å²) in [7, 11) is 0. The summed E-state index contributed by atoms with van der Waals surface area (Å²) in [6.45, 7) is 0. The average Bonchev–Trinajstić information content (AvgIpc) is 2.04. The van der Waals surface area contributed by atoms with E-state index in [9.17, 15) is 9.59 Å². The van der Waals surface area contributed by atoms with Gasteiger partial charge in [0, 0.05) is 18.0 Å². The molecule has 0 saturated heterocycles. The predicted molar refractivity (Wildman–Crippen MR) is 43.1 cm³/mol. The second-order valence-electron chi connectivity index (χ2n) is 2.53. The highest BCUT2D eigenvalue weighted by molar-refractivity contribution is 5.98. The molecule has 4 N–H and O–H groups in total. The fourth-order valence-corrected chi connectivity index (χ4v) is 0.917. The highest BCUT2D eigenvalue weighted by Gasteiger charge is 2.19. The maximum absolute atomic E-state index is 10.7. The molecule has 2 amide bonds. The zero-order valence-corrected chi connectivity index (χ0v) is 6.36. The Bertz CT molecular complexity index is 280. The smallest absolute Gasteiger partial charge is 0.246 e. The topological polar surface area (TPSA) is 98.5 Å². The largest absolute Gasteiger partial charge is 0.369 e. The number of carbonyl (C=O) groups is 2. The normalized spacial score (nSPS) is 21.7. The van der Waals surface area contributed by atoms with E-state index in [-0.39, 0.29) is 6.42 Å². The van der Waals surface area contributed by atoms with Gasteiger partial charge in [0.1, 0.15) is 0 Å². The van der Waals surface area contributed by atoms with Gasteiger partial charge in [-0.25, -0.2) is 0 Å². The van der Waals surface area contributed by atoms with Gasteiger partial charge in [0.05, 0.1) is 5.92 Å². The number of nitrogens with zero attached hydrogens (tertiary/aromatic N) is 1. The van der Waals surface area contributed by atoms with Crippen molar-refractivity contribution < 1.29 is 9.59 Å². The molecule has 0 bridgehead atoms. The molecular formula is C7H9N3O2. The molecule has 0 radical (unpaired) electrons. The Morgan fingerprint density at radius 1 is 1.50 bits per heavy atom. The van der Waals surface area contributed by atoms with E-state index in [0.29, 0.717) is 5.57 Å². The van der Waals surface area contributed by atoms with Crippen LogP contribution < -0.4 is 11.5 Å².